The lowest BCUT2D eigenvalue weighted by atomic mass is 10.1. The number of hydrogen-bond acceptors (Lipinski definition) is 4. The summed E-state index contributed by atoms with van der Waals surface area (Å²) < 4.78 is 7.09. The molecule has 6 heteroatoms. The van der Waals surface area contributed by atoms with E-state index in [0.717, 1.165) is 43.2 Å². The number of benzene rings is 1. The van der Waals surface area contributed by atoms with E-state index >= 15 is 0 Å². The van der Waals surface area contributed by atoms with Crippen LogP contribution in [0.4, 0.5) is 0 Å². The van der Waals surface area contributed by atoms with Gasteiger partial charge >= 0.3 is 0 Å². The van der Waals surface area contributed by atoms with Crippen molar-refractivity contribution in [1.29, 1.82) is 0 Å². The van der Waals surface area contributed by atoms with Crippen LogP contribution in [-0.2, 0) is 6.54 Å². The second-order valence-corrected chi connectivity index (χ2v) is 7.57. The third-order valence-electron chi connectivity index (χ3n) is 5.65. The van der Waals surface area contributed by atoms with E-state index in [1.54, 1.807) is 11.6 Å². The van der Waals surface area contributed by atoms with Gasteiger partial charge in [0.2, 0.25) is 0 Å². The number of rotatable bonds is 4. The molecule has 1 unspecified atom stereocenters. The summed E-state index contributed by atoms with van der Waals surface area (Å²) in [6, 6.07) is 8.34. The zero-order chi connectivity index (χ0) is 19.1. The van der Waals surface area contributed by atoms with Gasteiger partial charge in [0.25, 0.3) is 5.56 Å². The maximum absolute atomic E-state index is 12.5. The Kier molecular flexibility index (Phi) is 4.52. The molecule has 3 heterocycles. The van der Waals surface area contributed by atoms with Crippen LogP contribution in [0.15, 0.2) is 29.1 Å². The number of nitrogens with one attached hydrogen (secondary N) is 1. The Labute approximate surface area is 158 Å². The maximum Gasteiger partial charge on any atom is 0.275 e. The number of fused-ring (bicyclic) bond motifs is 1. The average molecular weight is 366 g/mol. The van der Waals surface area contributed by atoms with Gasteiger partial charge in [-0.15, -0.1) is 0 Å². The molecule has 142 valence electrons. The lowest BCUT2D eigenvalue weighted by Crippen LogP contribution is -2.21. The zero-order valence-electron chi connectivity index (χ0n) is 16.4. The highest BCUT2D eigenvalue weighted by Gasteiger charge is 2.26. The predicted octanol–water partition coefficient (Wildman–Crippen LogP) is 2.95. The van der Waals surface area contributed by atoms with Crippen molar-refractivity contribution in [2.45, 2.75) is 39.7 Å². The van der Waals surface area contributed by atoms with Gasteiger partial charge in [-0.3, -0.25) is 14.8 Å². The fourth-order valence-electron chi connectivity index (χ4n) is 3.95. The molecule has 1 saturated heterocycles. The van der Waals surface area contributed by atoms with Crippen LogP contribution >= 0.6 is 0 Å². The molecular weight excluding hydrogens is 340 g/mol. The summed E-state index contributed by atoms with van der Waals surface area (Å²) in [5, 5.41) is 3.28. The van der Waals surface area contributed by atoms with Crippen LogP contribution in [0.5, 0.6) is 5.75 Å². The maximum atomic E-state index is 12.5. The minimum atomic E-state index is -0.0110. The summed E-state index contributed by atoms with van der Waals surface area (Å²) in [6.07, 6.45) is 1.06. The van der Waals surface area contributed by atoms with Crippen molar-refractivity contribution >= 4 is 5.65 Å². The Morgan fingerprint density at radius 2 is 2.07 bits per heavy atom. The number of aromatic nitrogens is 3. The van der Waals surface area contributed by atoms with Crippen LogP contribution in [-0.4, -0.2) is 39.7 Å². The van der Waals surface area contributed by atoms with Crippen molar-refractivity contribution in [3.63, 3.8) is 0 Å². The molecule has 6 nitrogen and oxygen atoms in total. The van der Waals surface area contributed by atoms with E-state index in [9.17, 15) is 4.79 Å². The van der Waals surface area contributed by atoms with Gasteiger partial charge in [-0.25, -0.2) is 9.50 Å². The van der Waals surface area contributed by atoms with E-state index in [2.05, 4.69) is 34.0 Å². The fraction of sp³-hybridized carbons (Fsp3) is 0.429. The highest BCUT2D eigenvalue weighted by Crippen LogP contribution is 2.29. The van der Waals surface area contributed by atoms with E-state index in [1.165, 1.54) is 11.1 Å². The Balaban J connectivity index is 1.55. The monoisotopic (exact) mass is 366 g/mol. The number of H-pyrrole nitrogens is 1. The standard InChI is InChI=1S/C21H26N4O2/c1-13-5-6-19(27-4)17(9-13)12-24-8-7-16(11-24)18-10-20-22-15(3)14(2)21(26)25(20)23-18/h5-6,9-10,16,23H,7-8,11-12H2,1-4H3. The van der Waals surface area contributed by atoms with Gasteiger partial charge in [0, 0.05) is 47.6 Å². The van der Waals surface area contributed by atoms with Crippen molar-refractivity contribution in [3.8, 4) is 5.75 Å². The summed E-state index contributed by atoms with van der Waals surface area (Å²) in [7, 11) is 1.72. The molecule has 0 radical (unpaired) electrons. The lowest BCUT2D eigenvalue weighted by Gasteiger charge is -2.18. The van der Waals surface area contributed by atoms with Crippen molar-refractivity contribution in [1.82, 2.24) is 19.5 Å². The molecule has 2 aromatic heterocycles. The van der Waals surface area contributed by atoms with Gasteiger partial charge in [-0.2, -0.15) is 0 Å². The van der Waals surface area contributed by atoms with Crippen LogP contribution < -0.4 is 10.3 Å². The van der Waals surface area contributed by atoms with Crippen molar-refractivity contribution < 1.29 is 4.74 Å². The molecule has 27 heavy (non-hydrogen) atoms. The minimum absolute atomic E-state index is 0.0110. The molecule has 0 saturated carbocycles. The molecule has 0 aliphatic carbocycles. The first kappa shape index (κ1) is 17.8. The van der Waals surface area contributed by atoms with E-state index in [0.29, 0.717) is 17.1 Å². The van der Waals surface area contributed by atoms with Crippen LogP contribution in [0, 0.1) is 20.8 Å². The Hall–Kier alpha value is -2.60. The number of nitrogens with zero attached hydrogens (tertiary/aromatic N) is 3. The number of ether oxygens (including phenoxy) is 1. The molecule has 0 bridgehead atoms. The molecule has 1 fully saturated rings. The van der Waals surface area contributed by atoms with E-state index in [4.69, 9.17) is 4.74 Å². The SMILES string of the molecule is COc1ccc(C)cc1CN1CCC(c2cc3nc(C)c(C)c(=O)n3[nH]2)C1. The van der Waals surface area contributed by atoms with Gasteiger partial charge < -0.3 is 4.74 Å². The number of likely N-dealkylation sites (tertiary alicyclic amines) is 1. The second kappa shape index (κ2) is 6.85. The fourth-order valence-corrected chi connectivity index (χ4v) is 3.95. The van der Waals surface area contributed by atoms with Crippen LogP contribution in [0.25, 0.3) is 5.65 Å². The van der Waals surface area contributed by atoms with Gasteiger partial charge in [-0.05, 0) is 39.8 Å². The summed E-state index contributed by atoms with van der Waals surface area (Å²) in [5.74, 6) is 1.32. The first-order valence-corrected chi connectivity index (χ1v) is 9.41. The molecular formula is C21H26N4O2. The highest BCUT2D eigenvalue weighted by atomic mass is 16.5. The smallest absolute Gasteiger partial charge is 0.275 e. The third-order valence-corrected chi connectivity index (χ3v) is 5.65. The van der Waals surface area contributed by atoms with Crippen LogP contribution in [0.3, 0.4) is 0 Å². The largest absolute Gasteiger partial charge is 0.496 e. The molecule has 0 spiro atoms. The molecule has 3 aromatic rings. The summed E-state index contributed by atoms with van der Waals surface area (Å²) in [5.41, 5.74) is 5.74. The summed E-state index contributed by atoms with van der Waals surface area (Å²) >= 11 is 0. The lowest BCUT2D eigenvalue weighted by molar-refractivity contribution is 0.316. The third kappa shape index (κ3) is 3.25. The molecule has 1 N–H and O–H groups in total. The van der Waals surface area contributed by atoms with Crippen molar-refractivity contribution in [2.24, 2.45) is 0 Å². The van der Waals surface area contributed by atoms with Crippen LogP contribution in [0.2, 0.25) is 0 Å². The van der Waals surface area contributed by atoms with Crippen molar-refractivity contribution in [2.75, 3.05) is 20.2 Å². The topological polar surface area (TPSA) is 62.6 Å². The summed E-state index contributed by atoms with van der Waals surface area (Å²) in [6.45, 7) is 8.67. The number of aromatic amines is 1. The van der Waals surface area contributed by atoms with Gasteiger partial charge in [0.1, 0.15) is 5.75 Å². The Morgan fingerprint density at radius 1 is 1.26 bits per heavy atom. The van der Waals surface area contributed by atoms with Gasteiger partial charge in [0.05, 0.1) is 7.11 Å². The zero-order valence-corrected chi connectivity index (χ0v) is 16.4. The van der Waals surface area contributed by atoms with E-state index < -0.39 is 0 Å². The van der Waals surface area contributed by atoms with E-state index in [-0.39, 0.29) is 5.56 Å². The number of hydrogen-bond donors (Lipinski definition) is 1. The predicted molar refractivity (Wildman–Crippen MR) is 106 cm³/mol. The highest BCUT2D eigenvalue weighted by molar-refractivity contribution is 5.42. The molecule has 1 aromatic carbocycles. The number of methoxy groups -OCH3 is 1. The quantitative estimate of drug-likeness (QED) is 0.771. The van der Waals surface area contributed by atoms with Crippen LogP contribution in [0.1, 0.15) is 40.4 Å². The van der Waals surface area contributed by atoms with Gasteiger partial charge in [0.15, 0.2) is 5.65 Å². The second-order valence-electron chi connectivity index (χ2n) is 7.57. The molecule has 1 aliphatic heterocycles. The molecule has 1 atom stereocenters. The first-order valence-electron chi connectivity index (χ1n) is 9.41. The normalized spacial score (nSPS) is 17.7. The van der Waals surface area contributed by atoms with E-state index in [1.807, 2.05) is 26.0 Å². The summed E-state index contributed by atoms with van der Waals surface area (Å²) in [4.78, 5) is 19.4. The minimum Gasteiger partial charge on any atom is -0.496 e. The van der Waals surface area contributed by atoms with Crippen molar-refractivity contribution in [3.05, 3.63) is 62.7 Å². The Bertz CT molecular complexity index is 1050. The Morgan fingerprint density at radius 3 is 2.85 bits per heavy atom. The molecule has 1 aliphatic rings. The molecule has 4 rings (SSSR count). The molecule has 0 amide bonds. The van der Waals surface area contributed by atoms with Gasteiger partial charge in [-0.1, -0.05) is 17.7 Å². The first-order chi connectivity index (χ1) is 13.0. The number of aryl methyl sites for hydroxylation is 2. The average Bonchev–Trinajstić information content (AvgIpc) is 3.27.